The summed E-state index contributed by atoms with van der Waals surface area (Å²) in [7, 11) is 5.06. The number of carboxylic acids is 1. The lowest BCUT2D eigenvalue weighted by molar-refractivity contribution is -0.160. The van der Waals surface area contributed by atoms with Gasteiger partial charge >= 0.3 is 36.3 Å². The summed E-state index contributed by atoms with van der Waals surface area (Å²) in [5.41, 5.74) is 14.0. The number of likely N-dealkylation sites (tertiary alicyclic amines) is 3. The molecule has 4 aromatic heterocycles. The van der Waals surface area contributed by atoms with Crippen molar-refractivity contribution in [3.8, 4) is 56.3 Å². The van der Waals surface area contributed by atoms with Gasteiger partial charge in [-0.15, -0.1) is 0 Å². The van der Waals surface area contributed by atoms with E-state index in [2.05, 4.69) is 133 Å². The van der Waals surface area contributed by atoms with Crippen LogP contribution >= 0.6 is 0 Å². The number of hydrogen-bond acceptors (Lipinski definition) is 20. The molecule has 3 unspecified atom stereocenters. The van der Waals surface area contributed by atoms with Crippen LogP contribution in [0.15, 0.2) is 158 Å². The predicted octanol–water partition coefficient (Wildman–Crippen LogP) is 17.8. The summed E-state index contributed by atoms with van der Waals surface area (Å²) in [4.78, 5) is 153. The highest BCUT2D eigenvalue weighted by Gasteiger charge is 2.46. The predicted molar refractivity (Wildman–Crippen MR) is 503 cm³/mol. The minimum atomic E-state index is -1.13. The summed E-state index contributed by atoms with van der Waals surface area (Å²) in [6, 6.07) is 42.7. The molecule has 13 atom stereocenters. The van der Waals surface area contributed by atoms with Crippen molar-refractivity contribution >= 4 is 97.6 Å². The molecular weight excluding hydrogens is 1710 g/mol. The minimum absolute atomic E-state index is 0.0116. The number of carboxylic acid groups (broad SMARTS) is 1. The minimum Gasteiger partial charge on any atom is -0.488 e. The molecule has 12 aromatic rings. The van der Waals surface area contributed by atoms with Crippen molar-refractivity contribution in [1.82, 2.24) is 75.8 Å². The molecule has 0 radical (unpaired) electrons. The number of aliphatic carboxylic acids is 1. The highest BCUT2D eigenvalue weighted by Crippen LogP contribution is 2.49. The number of methoxy groups -OCH3 is 4. The second kappa shape index (κ2) is 38.8. The van der Waals surface area contributed by atoms with Crippen molar-refractivity contribution in [3.63, 3.8) is 0 Å². The van der Waals surface area contributed by atoms with E-state index in [1.54, 1.807) is 35.2 Å². The fourth-order valence-electron chi connectivity index (χ4n) is 19.7. The number of ether oxygens (including phenoxy) is 7. The van der Waals surface area contributed by atoms with E-state index in [0.717, 1.165) is 168 Å². The fourth-order valence-corrected chi connectivity index (χ4v) is 19.7. The number of hydrogen-bond donors (Lipinski definition) is 9. The van der Waals surface area contributed by atoms with E-state index in [4.69, 9.17) is 53.5 Å². The summed E-state index contributed by atoms with van der Waals surface area (Å²) >= 11 is 0. The first-order chi connectivity index (χ1) is 64.2. The van der Waals surface area contributed by atoms with Gasteiger partial charge in [-0.25, -0.2) is 43.9 Å². The van der Waals surface area contributed by atoms with Crippen LogP contribution < -0.4 is 30.7 Å². The third-order valence-electron chi connectivity index (χ3n) is 26.4. The maximum Gasteiger partial charge on any atom is 0.407 e. The van der Waals surface area contributed by atoms with Gasteiger partial charge in [0.2, 0.25) is 11.8 Å². The number of rotatable bonds is 19. The summed E-state index contributed by atoms with van der Waals surface area (Å²) in [6.07, 6.45) is 6.51. The van der Waals surface area contributed by atoms with Crippen LogP contribution in [0.4, 0.5) is 19.2 Å². The molecule has 8 aromatic carbocycles. The molecule has 3 saturated heterocycles. The van der Waals surface area contributed by atoms with Crippen LogP contribution in [0.25, 0.3) is 88.4 Å². The Hall–Kier alpha value is -14.3. The van der Waals surface area contributed by atoms with Crippen LogP contribution in [0.2, 0.25) is 0 Å². The largest absolute Gasteiger partial charge is 0.488 e. The average molecular weight is 1820 g/mol. The molecule has 134 heavy (non-hydrogen) atoms. The Labute approximate surface area is 775 Å². The molecule has 4 fully saturated rings. The monoisotopic (exact) mass is 1820 g/mol. The topological polar surface area (TPSA) is 411 Å². The Morgan fingerprint density at radius 1 is 0.470 bits per heavy atom. The van der Waals surface area contributed by atoms with E-state index in [9.17, 15) is 43.2 Å². The molecule has 0 spiro atoms. The number of aromatic nitrogens is 8. The number of amides is 7. The summed E-state index contributed by atoms with van der Waals surface area (Å²) in [5, 5.41) is 23.3. The van der Waals surface area contributed by atoms with Crippen molar-refractivity contribution in [2.24, 2.45) is 29.6 Å². The number of alkyl carbamates (subject to hydrolysis) is 4. The summed E-state index contributed by atoms with van der Waals surface area (Å²) in [5.74, 6) is 2.85. The van der Waals surface area contributed by atoms with Crippen molar-refractivity contribution < 1.29 is 81.4 Å². The first-order valence-electron chi connectivity index (χ1n) is 45.7. The number of benzene rings is 8. The zero-order valence-electron chi connectivity index (χ0n) is 77.9. The quantitative estimate of drug-likeness (QED) is 0.0268. The van der Waals surface area contributed by atoms with Crippen LogP contribution in [-0.2, 0) is 60.9 Å². The van der Waals surface area contributed by atoms with Crippen LogP contribution in [0, 0.1) is 29.6 Å². The van der Waals surface area contributed by atoms with Gasteiger partial charge < -0.3 is 94.2 Å². The summed E-state index contributed by atoms with van der Waals surface area (Å²) < 4.78 is 37.5. The highest BCUT2D eigenvalue weighted by atomic mass is 16.6. The van der Waals surface area contributed by atoms with Crippen molar-refractivity contribution in [2.45, 2.75) is 200 Å². The van der Waals surface area contributed by atoms with Gasteiger partial charge in [-0.05, 0) is 207 Å². The van der Waals surface area contributed by atoms with Crippen molar-refractivity contribution in [1.29, 1.82) is 0 Å². The number of imidazole rings is 4. The smallest absolute Gasteiger partial charge is 0.407 e. The first kappa shape index (κ1) is 92.9. The Balaban J connectivity index is 0.000000169. The van der Waals surface area contributed by atoms with Gasteiger partial charge in [-0.1, -0.05) is 139 Å². The Kier molecular flexibility index (Phi) is 26.9. The molecule has 1 aliphatic carbocycles. The second-order valence-corrected chi connectivity index (χ2v) is 37.6. The molecule has 32 heteroatoms. The average Bonchev–Trinajstić information content (AvgIpc) is 1.04. The molecule has 9 heterocycles. The number of nitrogens with one attached hydrogen (secondary N) is 8. The van der Waals surface area contributed by atoms with Gasteiger partial charge in [0, 0.05) is 46.4 Å². The van der Waals surface area contributed by atoms with Crippen molar-refractivity contribution in [2.75, 3.05) is 35.0 Å². The molecule has 9 N–H and O–H groups in total. The Bertz CT molecular complexity index is 6460. The molecular formula is C102H115N15O17. The second-order valence-electron chi connectivity index (χ2n) is 37.6. The Morgan fingerprint density at radius 2 is 0.918 bits per heavy atom. The maximum atomic E-state index is 14.2. The number of carbonyl (C=O) groups excluding carboxylic acids is 8. The molecule has 700 valence electrons. The third-order valence-corrected chi connectivity index (χ3v) is 26.4. The lowest BCUT2D eigenvalue weighted by atomic mass is 9.92. The van der Waals surface area contributed by atoms with E-state index in [1.807, 2.05) is 127 Å². The number of aromatic amines is 4. The Morgan fingerprint density at radius 3 is 1.37 bits per heavy atom. The molecule has 5 aliphatic heterocycles. The maximum absolute atomic E-state index is 14.2. The lowest BCUT2D eigenvalue weighted by Crippen LogP contribution is -2.52. The van der Waals surface area contributed by atoms with Crippen molar-refractivity contribution in [3.05, 3.63) is 204 Å². The molecule has 7 amide bonds. The lowest BCUT2D eigenvalue weighted by Gasteiger charge is -2.32. The number of fused-ring (bicyclic) bond motifs is 12. The number of carbonyl (C=O) groups is 9. The van der Waals surface area contributed by atoms with Crippen LogP contribution in [-0.4, -0.2) is 178 Å². The van der Waals surface area contributed by atoms with Gasteiger partial charge in [0.15, 0.2) is 6.04 Å². The SMILES string of the molecule is COC(=O)N[C@@H](C(=O)O)c1ccccc1.COC(=O)N[C@H](C(=O)N1[C@@H](C)CC[C@H]1c1nc2c(ccc3cc4c(cc32)OCc2cc(-c3cnc(C5C[C@H](C)CC5C(=O)OC(C)(C)C)[nH]3)ccc2-4)[nH]1)C(C)C.COC(=O)N[C@H](C(=O)N1[C@@H](C)CC[C@H]1c1nc2c(ccc3cc4c(cc32)OCc2cc(-c3cnc(C5C[C@H](C)CN5C(=O)[C@H](NC(=O)OC)c5ccccc5)[nH]3)ccc2-4)[nH]1)C(C)C. The van der Waals surface area contributed by atoms with E-state index >= 15 is 0 Å². The molecule has 0 bridgehead atoms. The normalized spacial score (nSPS) is 20.2. The molecule has 6 aliphatic rings. The first-order valence-corrected chi connectivity index (χ1v) is 45.7. The fraction of sp³-hybridized carbons (Fsp3) is 0.402. The van der Waals surface area contributed by atoms with Gasteiger partial charge in [0.1, 0.15) is 71.7 Å². The van der Waals surface area contributed by atoms with Crippen LogP contribution in [0.5, 0.6) is 11.5 Å². The zero-order valence-corrected chi connectivity index (χ0v) is 77.9. The van der Waals surface area contributed by atoms with Gasteiger partial charge in [-0.3, -0.25) is 19.2 Å². The van der Waals surface area contributed by atoms with Gasteiger partial charge in [0.25, 0.3) is 5.91 Å². The summed E-state index contributed by atoms with van der Waals surface area (Å²) in [6.45, 7) is 23.1. The van der Waals surface area contributed by atoms with E-state index in [0.29, 0.717) is 48.5 Å². The third kappa shape index (κ3) is 19.2. The number of nitrogens with zero attached hydrogens (tertiary/aromatic N) is 7. The van der Waals surface area contributed by atoms with E-state index < -0.39 is 60.1 Å². The standard InChI is InChI=1S/C48H52N8O7.C44H52N6O6.C10H11NO4/c1-25(2)40(53-47(59)61-5)46(58)56-27(4)12-17-37(56)44-50-35-16-14-29-20-34-32-15-13-30(19-31(32)24-63-39(34)21-33(29)42(35)52-44)36-22-49-43(51-36)38-18-26(3)23-55(38)45(57)41(54-48(60)62-6)28-10-8-7-9-11-28;1-22(2)37(49-43(53)54-8)41(51)50-24(4)9-14-35(50)40-46-33-13-11-25-18-30-28-12-10-26(17-27(28)21-55-36(30)19-29(25)38(33)48-40)34-20-45-39(47-34)31-15-23(3)16-32(31)42(52)56-44(5,6)7;1-15-10(14)11-8(9(12)13)7-5-3-2-4-6-7/h7-11,13-16,19-22,25-27,37-38,40-41H,12,17-18,23-24H2,1-6H3,(H,49,51)(H,50,52)(H,53,59)(H,54,60);10-13,17-20,22-24,31-32,35,37H,9,14-16,21H2,1-8H3,(H,45,47)(H,46,48)(H,49,53);2-6,8H,1H3,(H,11,14)(H,12,13)/t26-,27-,37-,38?,40-,41+;23-,24-,31?,32?,35-,37-;8-/m001/s1. The molecule has 32 nitrogen and oxygen atoms in total. The molecule has 1 saturated carbocycles. The molecule has 18 rings (SSSR count). The zero-order chi connectivity index (χ0) is 95.0. The number of esters is 1. The van der Waals surface area contributed by atoms with Gasteiger partial charge in [-0.2, -0.15) is 0 Å². The van der Waals surface area contributed by atoms with Crippen LogP contribution in [0.3, 0.4) is 0 Å². The highest BCUT2D eigenvalue weighted by molar-refractivity contribution is 6.09. The number of H-pyrrole nitrogens is 4. The van der Waals surface area contributed by atoms with E-state index in [1.165, 1.54) is 28.4 Å². The van der Waals surface area contributed by atoms with Gasteiger partial charge in [0.05, 0.1) is 98.3 Å². The van der Waals surface area contributed by atoms with E-state index in [-0.39, 0.29) is 83.5 Å². The van der Waals surface area contributed by atoms with Crippen LogP contribution in [0.1, 0.15) is 203 Å².